The van der Waals surface area contributed by atoms with Crippen molar-refractivity contribution in [2.45, 2.75) is 19.5 Å². The fourth-order valence-electron chi connectivity index (χ4n) is 3.30. The van der Waals surface area contributed by atoms with Crippen molar-refractivity contribution in [1.29, 1.82) is 5.26 Å². The normalized spacial score (nSPS) is 14.4. The van der Waals surface area contributed by atoms with Crippen LogP contribution in [0.15, 0.2) is 42.9 Å². The lowest BCUT2D eigenvalue weighted by atomic mass is 10.1. The van der Waals surface area contributed by atoms with Gasteiger partial charge < -0.3 is 5.32 Å². The molecule has 154 valence electrons. The molecule has 1 aliphatic heterocycles. The maximum atomic E-state index is 14.4. The van der Waals surface area contributed by atoms with Crippen LogP contribution >= 0.6 is 11.8 Å². The van der Waals surface area contributed by atoms with Crippen LogP contribution < -0.4 is 5.32 Å². The monoisotopic (exact) mass is 423 g/mol. The summed E-state index contributed by atoms with van der Waals surface area (Å²) in [7, 11) is 0. The molecule has 0 aliphatic carbocycles. The van der Waals surface area contributed by atoms with Crippen molar-refractivity contribution in [2.24, 2.45) is 0 Å². The number of benzene rings is 1. The summed E-state index contributed by atoms with van der Waals surface area (Å²) in [5.74, 6) is 2.13. The average molecular weight is 424 g/mol. The van der Waals surface area contributed by atoms with Gasteiger partial charge in [-0.1, -0.05) is 18.2 Å². The Labute approximate surface area is 178 Å². The first-order chi connectivity index (χ1) is 14.7. The Balaban J connectivity index is 1.54. The molecule has 3 aromatic rings. The number of nitriles is 1. The molecule has 1 aromatic carbocycles. The van der Waals surface area contributed by atoms with Crippen molar-refractivity contribution in [2.75, 3.05) is 29.9 Å². The van der Waals surface area contributed by atoms with E-state index in [1.54, 1.807) is 17.1 Å². The number of aromatic nitrogens is 4. The second-order valence-corrected chi connectivity index (χ2v) is 8.19. The van der Waals surface area contributed by atoms with E-state index in [0.717, 1.165) is 42.4 Å². The van der Waals surface area contributed by atoms with Crippen LogP contribution in [0, 0.1) is 17.1 Å². The number of para-hydroxylation sites is 1. The van der Waals surface area contributed by atoms with E-state index in [1.165, 1.54) is 6.20 Å². The molecule has 30 heavy (non-hydrogen) atoms. The maximum absolute atomic E-state index is 14.4. The van der Waals surface area contributed by atoms with Gasteiger partial charge in [-0.05, 0) is 11.6 Å². The molecular formula is C21H22FN7S. The number of hydrogen-bond acceptors (Lipinski definition) is 7. The van der Waals surface area contributed by atoms with Crippen LogP contribution in [0.2, 0.25) is 0 Å². The largest absolute Gasteiger partial charge is 0.324 e. The third kappa shape index (κ3) is 4.96. The number of rotatable bonds is 7. The van der Waals surface area contributed by atoms with Crippen molar-refractivity contribution in [1.82, 2.24) is 24.6 Å². The zero-order valence-electron chi connectivity index (χ0n) is 16.5. The van der Waals surface area contributed by atoms with E-state index >= 15 is 0 Å². The molecule has 4 rings (SSSR count). The van der Waals surface area contributed by atoms with Crippen LogP contribution in [-0.4, -0.2) is 49.2 Å². The maximum Gasteiger partial charge on any atom is 0.227 e. The minimum absolute atomic E-state index is 0.182. The van der Waals surface area contributed by atoms with Crippen LogP contribution in [0.25, 0.3) is 11.3 Å². The Kier molecular flexibility index (Phi) is 6.57. The Morgan fingerprint density at radius 3 is 2.87 bits per heavy atom. The molecule has 0 spiro atoms. The number of halogens is 1. The highest BCUT2D eigenvalue weighted by atomic mass is 32.2. The number of thioether (sulfide) groups is 1. The minimum Gasteiger partial charge on any atom is -0.324 e. The summed E-state index contributed by atoms with van der Waals surface area (Å²) < 4.78 is 16.0. The molecule has 1 N–H and O–H groups in total. The van der Waals surface area contributed by atoms with Gasteiger partial charge in [0, 0.05) is 48.6 Å². The number of nitrogens with zero attached hydrogens (tertiary/aromatic N) is 6. The molecular weight excluding hydrogens is 401 g/mol. The highest BCUT2D eigenvalue weighted by Gasteiger charge is 2.15. The molecule has 0 bridgehead atoms. The predicted octanol–water partition coefficient (Wildman–Crippen LogP) is 3.69. The highest BCUT2D eigenvalue weighted by molar-refractivity contribution is 7.99. The van der Waals surface area contributed by atoms with Crippen LogP contribution in [0.1, 0.15) is 12.0 Å². The zero-order valence-corrected chi connectivity index (χ0v) is 17.3. The second-order valence-electron chi connectivity index (χ2n) is 6.96. The molecule has 3 heterocycles. The van der Waals surface area contributed by atoms with Gasteiger partial charge in [-0.15, -0.1) is 0 Å². The average Bonchev–Trinajstić information content (AvgIpc) is 3.24. The topological polar surface area (TPSA) is 82.7 Å². The summed E-state index contributed by atoms with van der Waals surface area (Å²) in [6.45, 7) is 3.46. The number of nitrogens with one attached hydrogen (secondary N) is 1. The summed E-state index contributed by atoms with van der Waals surface area (Å²) in [5.41, 5.74) is 2.80. The van der Waals surface area contributed by atoms with E-state index in [-0.39, 0.29) is 5.69 Å². The van der Waals surface area contributed by atoms with Crippen molar-refractivity contribution < 1.29 is 4.39 Å². The summed E-state index contributed by atoms with van der Waals surface area (Å²) in [4.78, 5) is 10.9. The smallest absolute Gasteiger partial charge is 0.227 e. The highest BCUT2D eigenvalue weighted by Crippen LogP contribution is 2.25. The molecule has 7 nitrogen and oxygen atoms in total. The van der Waals surface area contributed by atoms with Gasteiger partial charge in [0.2, 0.25) is 5.95 Å². The molecule has 0 unspecified atom stereocenters. The standard InChI is InChI=1S/C21H22FN7S/c22-18-13-24-21(27-20(18)17-12-25-29(15-17)7-3-6-23)26-19-5-2-1-4-16(19)14-28-8-10-30-11-9-28/h1-2,4-5,12-13,15H,3,7-11,14H2,(H,24,26,27). The van der Waals surface area contributed by atoms with E-state index in [2.05, 4.69) is 37.4 Å². The Morgan fingerprint density at radius 2 is 2.03 bits per heavy atom. The summed E-state index contributed by atoms with van der Waals surface area (Å²) >= 11 is 1.99. The van der Waals surface area contributed by atoms with E-state index in [0.29, 0.717) is 24.5 Å². The van der Waals surface area contributed by atoms with E-state index in [9.17, 15) is 4.39 Å². The van der Waals surface area contributed by atoms with Crippen LogP contribution in [0.3, 0.4) is 0 Å². The van der Waals surface area contributed by atoms with E-state index in [1.807, 2.05) is 30.0 Å². The first kappa shape index (κ1) is 20.3. The first-order valence-corrected chi connectivity index (χ1v) is 11.0. The predicted molar refractivity (Wildman–Crippen MR) is 116 cm³/mol. The van der Waals surface area contributed by atoms with Gasteiger partial charge in [-0.2, -0.15) is 22.1 Å². The number of anilines is 2. The summed E-state index contributed by atoms with van der Waals surface area (Å²) in [6, 6.07) is 10.1. The van der Waals surface area contributed by atoms with Gasteiger partial charge in [-0.25, -0.2) is 14.4 Å². The number of aryl methyl sites for hydroxylation is 1. The van der Waals surface area contributed by atoms with Gasteiger partial charge in [0.25, 0.3) is 0 Å². The molecule has 1 aliphatic rings. The van der Waals surface area contributed by atoms with E-state index in [4.69, 9.17) is 5.26 Å². The lowest BCUT2D eigenvalue weighted by molar-refractivity contribution is 0.295. The zero-order chi connectivity index (χ0) is 20.8. The van der Waals surface area contributed by atoms with Gasteiger partial charge >= 0.3 is 0 Å². The van der Waals surface area contributed by atoms with Crippen LogP contribution in [0.4, 0.5) is 16.0 Å². The summed E-state index contributed by atoms with van der Waals surface area (Å²) in [6.07, 6.45) is 4.75. The van der Waals surface area contributed by atoms with Crippen molar-refractivity contribution >= 4 is 23.4 Å². The Hall–Kier alpha value is -2.96. The van der Waals surface area contributed by atoms with E-state index < -0.39 is 5.82 Å². The fraction of sp³-hybridized carbons (Fsp3) is 0.333. The minimum atomic E-state index is -0.514. The van der Waals surface area contributed by atoms with Crippen molar-refractivity contribution in [3.8, 4) is 17.3 Å². The lowest BCUT2D eigenvalue weighted by Gasteiger charge is -2.27. The third-order valence-corrected chi connectivity index (χ3v) is 5.81. The molecule has 0 saturated carbocycles. The molecule has 0 radical (unpaired) electrons. The van der Waals surface area contributed by atoms with Crippen LogP contribution in [0.5, 0.6) is 0 Å². The molecule has 1 fully saturated rings. The van der Waals surface area contributed by atoms with Gasteiger partial charge in [0.1, 0.15) is 5.69 Å². The fourth-order valence-corrected chi connectivity index (χ4v) is 4.28. The Morgan fingerprint density at radius 1 is 1.20 bits per heavy atom. The van der Waals surface area contributed by atoms with Crippen molar-refractivity contribution in [3.05, 3.63) is 54.2 Å². The molecule has 9 heteroatoms. The first-order valence-electron chi connectivity index (χ1n) is 9.80. The lowest BCUT2D eigenvalue weighted by Crippen LogP contribution is -2.32. The molecule has 0 amide bonds. The van der Waals surface area contributed by atoms with Crippen LogP contribution in [-0.2, 0) is 13.1 Å². The van der Waals surface area contributed by atoms with Crippen molar-refractivity contribution in [3.63, 3.8) is 0 Å². The Bertz CT molecular complexity index is 1040. The number of hydrogen-bond donors (Lipinski definition) is 1. The quantitative estimate of drug-likeness (QED) is 0.621. The molecule has 0 atom stereocenters. The summed E-state index contributed by atoms with van der Waals surface area (Å²) in [5, 5.41) is 16.1. The SMILES string of the molecule is N#CCCn1cc(-c2nc(Nc3ccccc3CN3CCSCC3)ncc2F)cn1. The second kappa shape index (κ2) is 9.69. The van der Waals surface area contributed by atoms with Gasteiger partial charge in [0.15, 0.2) is 5.82 Å². The van der Waals surface area contributed by atoms with Gasteiger partial charge in [-0.3, -0.25) is 9.58 Å². The van der Waals surface area contributed by atoms with Gasteiger partial charge in [0.05, 0.1) is 31.4 Å². The molecule has 1 saturated heterocycles. The molecule has 2 aromatic heterocycles. The third-order valence-electron chi connectivity index (χ3n) is 4.86.